The molecule has 2 aromatic heterocycles. The molecule has 3 nitrogen and oxygen atoms in total. The van der Waals surface area contributed by atoms with E-state index in [9.17, 15) is 0 Å². The van der Waals surface area contributed by atoms with Crippen LogP contribution in [0.3, 0.4) is 0 Å². The highest BCUT2D eigenvalue weighted by molar-refractivity contribution is 6.22. The molecule has 10 aromatic carbocycles. The van der Waals surface area contributed by atoms with E-state index in [2.05, 4.69) is 229 Å². The van der Waals surface area contributed by atoms with Crippen LogP contribution in [-0.2, 0) is 10.8 Å². The van der Waals surface area contributed by atoms with Crippen LogP contribution in [0.4, 0.5) is 0 Å². The molecule has 0 N–H and O–H groups in total. The summed E-state index contributed by atoms with van der Waals surface area (Å²) in [5.74, 6) is 0.654. The summed E-state index contributed by atoms with van der Waals surface area (Å²) < 4.78 is 2.36. The fraction of sp³-hybridized carbons (Fsp3) is 0.0323. The maximum Gasteiger partial charge on any atom is 0.235 e. The van der Waals surface area contributed by atoms with Gasteiger partial charge in [-0.2, -0.15) is 0 Å². The Morgan fingerprint density at radius 1 is 0.323 bits per heavy atom. The lowest BCUT2D eigenvalue weighted by atomic mass is 9.52. The van der Waals surface area contributed by atoms with Gasteiger partial charge in [0.1, 0.15) is 0 Å². The van der Waals surface area contributed by atoms with Crippen molar-refractivity contribution in [2.24, 2.45) is 0 Å². The number of hydrogen-bond acceptors (Lipinski definition) is 2. The van der Waals surface area contributed by atoms with Gasteiger partial charge in [0, 0.05) is 21.7 Å². The molecule has 0 saturated carbocycles. The van der Waals surface area contributed by atoms with Gasteiger partial charge in [0.2, 0.25) is 5.95 Å². The summed E-state index contributed by atoms with van der Waals surface area (Å²) in [6.07, 6.45) is 0. The van der Waals surface area contributed by atoms with E-state index in [1.54, 1.807) is 0 Å². The van der Waals surface area contributed by atoms with Crippen LogP contribution in [0.15, 0.2) is 224 Å². The first-order valence-corrected chi connectivity index (χ1v) is 22.6. The Hall–Kier alpha value is -8.40. The van der Waals surface area contributed by atoms with Crippen molar-refractivity contribution in [3.63, 3.8) is 0 Å². The Morgan fingerprint density at radius 2 is 0.800 bits per heavy atom. The molecule has 0 amide bonds. The van der Waals surface area contributed by atoms with Crippen LogP contribution in [0.25, 0.3) is 82.9 Å². The second kappa shape index (κ2) is 12.6. The molecule has 300 valence electrons. The normalized spacial score (nSPS) is 14.4. The fourth-order valence-corrected chi connectivity index (χ4v) is 12.7. The summed E-state index contributed by atoms with van der Waals surface area (Å²) in [5.41, 5.74) is 19.5. The molecule has 2 heterocycles. The van der Waals surface area contributed by atoms with E-state index in [0.717, 1.165) is 33.2 Å². The Bertz CT molecular complexity index is 3930. The summed E-state index contributed by atoms with van der Waals surface area (Å²) in [4.78, 5) is 11.1. The Labute approximate surface area is 375 Å². The lowest BCUT2D eigenvalue weighted by molar-refractivity contribution is 0.634. The highest BCUT2D eigenvalue weighted by Crippen LogP contribution is 2.68. The van der Waals surface area contributed by atoms with Gasteiger partial charge in [0.05, 0.1) is 33.1 Å². The van der Waals surface area contributed by atoms with Crippen LogP contribution >= 0.6 is 0 Å². The van der Waals surface area contributed by atoms with E-state index in [4.69, 9.17) is 9.97 Å². The first kappa shape index (κ1) is 35.1. The summed E-state index contributed by atoms with van der Waals surface area (Å²) in [6, 6.07) is 83.5. The molecular weight excluding hydrogens is 787 g/mol. The van der Waals surface area contributed by atoms with Crippen molar-refractivity contribution in [1.82, 2.24) is 14.5 Å². The van der Waals surface area contributed by atoms with Crippen LogP contribution < -0.4 is 0 Å². The third kappa shape index (κ3) is 4.26. The Morgan fingerprint density at radius 3 is 1.40 bits per heavy atom. The molecule has 0 unspecified atom stereocenters. The van der Waals surface area contributed by atoms with Gasteiger partial charge in [-0.05, 0) is 102 Å². The van der Waals surface area contributed by atoms with Crippen molar-refractivity contribution in [3.05, 3.63) is 269 Å². The highest BCUT2D eigenvalue weighted by Gasteiger charge is 2.59. The van der Waals surface area contributed by atoms with Crippen molar-refractivity contribution in [2.45, 2.75) is 10.8 Å². The van der Waals surface area contributed by atoms with Crippen LogP contribution in [0.1, 0.15) is 44.5 Å². The Kier molecular flexibility index (Phi) is 6.82. The van der Waals surface area contributed by atoms with Crippen LogP contribution in [0, 0.1) is 0 Å². The number of aromatic nitrogens is 3. The minimum absolute atomic E-state index is 0.607. The molecule has 0 bridgehead atoms. The lowest BCUT2D eigenvalue weighted by Crippen LogP contribution is -2.43. The highest BCUT2D eigenvalue weighted by atomic mass is 15.2. The predicted octanol–water partition coefficient (Wildman–Crippen LogP) is 14.6. The molecule has 0 radical (unpaired) electrons. The molecule has 65 heavy (non-hydrogen) atoms. The molecule has 3 aliphatic carbocycles. The van der Waals surface area contributed by atoms with E-state index in [0.29, 0.717) is 5.95 Å². The Balaban J connectivity index is 1.19. The minimum Gasteiger partial charge on any atom is -0.278 e. The summed E-state index contributed by atoms with van der Waals surface area (Å²) in [6.45, 7) is 0. The first-order chi connectivity index (χ1) is 32.3. The standard InChI is InChI=1S/C62H37N3/c1-2-19-39(20-3-1)59-45-26-10-17-33-55(45)63-60(64-59)65-56-35-34-38-18-4-5-21-40(38)58(56)46-36-53-54(37-57(46)65)62(49-29-13-8-24-43(49)44-25-9-14-30-50(44)62)52-32-16-15-31-51(52)61(53)47-27-11-6-22-41(47)42-23-7-12-28-48(42)61/h1-37H. The van der Waals surface area contributed by atoms with Gasteiger partial charge in [-0.1, -0.05) is 200 Å². The third-order valence-electron chi connectivity index (χ3n) is 15.1. The molecule has 3 heteroatoms. The number of nitrogens with zero attached hydrogens (tertiary/aromatic N) is 3. The fourth-order valence-electron chi connectivity index (χ4n) is 12.7. The van der Waals surface area contributed by atoms with Gasteiger partial charge in [-0.25, -0.2) is 9.97 Å². The van der Waals surface area contributed by atoms with E-state index < -0.39 is 10.8 Å². The topological polar surface area (TPSA) is 30.7 Å². The van der Waals surface area contributed by atoms with Gasteiger partial charge in [-0.15, -0.1) is 0 Å². The second-order valence-electron chi connectivity index (χ2n) is 17.9. The van der Waals surface area contributed by atoms with Gasteiger partial charge in [0.15, 0.2) is 0 Å². The molecule has 2 spiro atoms. The molecule has 3 aliphatic rings. The lowest BCUT2D eigenvalue weighted by Gasteiger charge is -2.49. The van der Waals surface area contributed by atoms with Crippen molar-refractivity contribution >= 4 is 43.5 Å². The summed E-state index contributed by atoms with van der Waals surface area (Å²) >= 11 is 0. The number of rotatable bonds is 2. The van der Waals surface area contributed by atoms with Gasteiger partial charge >= 0.3 is 0 Å². The smallest absolute Gasteiger partial charge is 0.235 e. The maximum absolute atomic E-state index is 5.59. The van der Waals surface area contributed by atoms with Crippen molar-refractivity contribution in [1.29, 1.82) is 0 Å². The van der Waals surface area contributed by atoms with Crippen LogP contribution in [-0.4, -0.2) is 14.5 Å². The number of para-hydroxylation sites is 1. The van der Waals surface area contributed by atoms with Crippen molar-refractivity contribution < 1.29 is 0 Å². The second-order valence-corrected chi connectivity index (χ2v) is 17.9. The SMILES string of the molecule is c1ccc(-c2nc(-n3c4cc5c(cc4c4c6ccccc6ccc43)C3(c4ccccc4-c4ccccc43)c3ccccc3C53c4ccccc4-c4ccccc43)nc3ccccc23)cc1. The number of benzene rings is 10. The van der Waals surface area contributed by atoms with E-state index in [1.165, 1.54) is 88.3 Å². The van der Waals surface area contributed by atoms with Gasteiger partial charge in [-0.3, -0.25) is 4.57 Å². The van der Waals surface area contributed by atoms with E-state index >= 15 is 0 Å². The predicted molar refractivity (Wildman–Crippen MR) is 265 cm³/mol. The maximum atomic E-state index is 5.59. The quantitative estimate of drug-likeness (QED) is 0.174. The average Bonchev–Trinajstić information content (AvgIpc) is 3.98. The van der Waals surface area contributed by atoms with Gasteiger partial charge in [0.25, 0.3) is 0 Å². The van der Waals surface area contributed by atoms with Crippen LogP contribution in [0.2, 0.25) is 0 Å². The van der Waals surface area contributed by atoms with Crippen molar-refractivity contribution in [2.75, 3.05) is 0 Å². The van der Waals surface area contributed by atoms with Gasteiger partial charge < -0.3 is 0 Å². The third-order valence-corrected chi connectivity index (χ3v) is 15.1. The van der Waals surface area contributed by atoms with Crippen molar-refractivity contribution in [3.8, 4) is 39.5 Å². The zero-order valence-electron chi connectivity index (χ0n) is 35.2. The molecule has 15 rings (SSSR count). The average molecular weight is 824 g/mol. The summed E-state index contributed by atoms with van der Waals surface area (Å²) in [7, 11) is 0. The molecular formula is C62H37N3. The molecule has 0 saturated heterocycles. The molecule has 0 atom stereocenters. The van der Waals surface area contributed by atoms with E-state index in [1.807, 2.05) is 0 Å². The number of fused-ring (bicyclic) bond motifs is 22. The summed E-state index contributed by atoms with van der Waals surface area (Å²) in [5, 5.41) is 5.83. The number of hydrogen-bond donors (Lipinski definition) is 0. The molecule has 12 aromatic rings. The zero-order valence-corrected chi connectivity index (χ0v) is 35.2. The minimum atomic E-state index is -0.631. The van der Waals surface area contributed by atoms with Crippen LogP contribution in [0.5, 0.6) is 0 Å². The zero-order chi connectivity index (χ0) is 42.4. The monoisotopic (exact) mass is 823 g/mol. The molecule has 0 aliphatic heterocycles. The largest absolute Gasteiger partial charge is 0.278 e. The molecule has 0 fully saturated rings. The first-order valence-electron chi connectivity index (χ1n) is 22.6. The van der Waals surface area contributed by atoms with E-state index in [-0.39, 0.29) is 0 Å².